The summed E-state index contributed by atoms with van der Waals surface area (Å²) in [5.41, 5.74) is 1.18. The lowest BCUT2D eigenvalue weighted by atomic mass is 10.2. The second-order valence-corrected chi connectivity index (χ2v) is 8.52. The zero-order valence-electron chi connectivity index (χ0n) is 14.6. The van der Waals surface area contributed by atoms with Gasteiger partial charge in [-0.2, -0.15) is 0 Å². The second kappa shape index (κ2) is 8.89. The lowest BCUT2D eigenvalue weighted by Gasteiger charge is -2.07. The third kappa shape index (κ3) is 5.83. The molecule has 0 saturated carbocycles. The Morgan fingerprint density at radius 3 is 2.79 bits per heavy atom. The van der Waals surface area contributed by atoms with Crippen molar-refractivity contribution in [2.45, 2.75) is 6.42 Å². The van der Waals surface area contributed by atoms with Crippen LogP contribution in [0.2, 0.25) is 0 Å². The highest BCUT2D eigenvalue weighted by atomic mass is 32.2. The average molecular weight is 420 g/mol. The second-order valence-electron chi connectivity index (χ2n) is 5.82. The molecule has 3 aromatic rings. The van der Waals surface area contributed by atoms with E-state index in [0.29, 0.717) is 16.3 Å². The predicted molar refractivity (Wildman–Crippen MR) is 106 cm³/mol. The highest BCUT2D eigenvalue weighted by Crippen LogP contribution is 2.24. The topological polar surface area (TPSA) is 101 Å². The van der Waals surface area contributed by atoms with Gasteiger partial charge in [0, 0.05) is 23.7 Å². The molecule has 3 rings (SSSR count). The summed E-state index contributed by atoms with van der Waals surface area (Å²) < 4.78 is 39.6. The van der Waals surface area contributed by atoms with Gasteiger partial charge in [0.15, 0.2) is 0 Å². The number of amides is 1. The summed E-state index contributed by atoms with van der Waals surface area (Å²) in [5.74, 6) is -0.751. The van der Waals surface area contributed by atoms with E-state index in [4.69, 9.17) is 0 Å². The van der Waals surface area contributed by atoms with Crippen LogP contribution in [0.5, 0.6) is 0 Å². The predicted octanol–water partition coefficient (Wildman–Crippen LogP) is 2.44. The number of rotatable bonds is 8. The molecule has 0 bridgehead atoms. The Hall–Kier alpha value is -2.85. The van der Waals surface area contributed by atoms with E-state index in [1.165, 1.54) is 35.7 Å². The number of anilines is 1. The summed E-state index contributed by atoms with van der Waals surface area (Å²) in [6.45, 7) is -0.0398. The number of sulfonamides is 1. The number of hydrogen-bond donors (Lipinski definition) is 2. The first kappa shape index (κ1) is 19.9. The van der Waals surface area contributed by atoms with Crippen molar-refractivity contribution < 1.29 is 17.6 Å². The van der Waals surface area contributed by atoms with Gasteiger partial charge in [-0.25, -0.2) is 22.8 Å². The summed E-state index contributed by atoms with van der Waals surface area (Å²) in [6, 6.07) is 10.9. The van der Waals surface area contributed by atoms with Gasteiger partial charge in [-0.3, -0.25) is 9.52 Å². The molecule has 28 heavy (non-hydrogen) atoms. The van der Waals surface area contributed by atoms with E-state index < -0.39 is 10.0 Å². The number of carbonyl (C=O) groups excluding carboxylic acids is 1. The van der Waals surface area contributed by atoms with Crippen LogP contribution in [0.1, 0.15) is 5.69 Å². The minimum atomic E-state index is -3.62. The molecule has 0 fully saturated rings. The summed E-state index contributed by atoms with van der Waals surface area (Å²) >= 11 is 1.31. The van der Waals surface area contributed by atoms with Crippen LogP contribution in [0, 0.1) is 5.82 Å². The quantitative estimate of drug-likeness (QED) is 0.583. The summed E-state index contributed by atoms with van der Waals surface area (Å²) in [4.78, 5) is 20.2. The summed E-state index contributed by atoms with van der Waals surface area (Å²) in [7, 11) is -3.62. The molecule has 0 radical (unpaired) electrons. The fourth-order valence-electron chi connectivity index (χ4n) is 2.33. The minimum absolute atomic E-state index is 0.0134. The lowest BCUT2D eigenvalue weighted by Crippen LogP contribution is -2.32. The van der Waals surface area contributed by atoms with Gasteiger partial charge in [-0.05, 0) is 24.3 Å². The number of thiazole rings is 1. The largest absolute Gasteiger partial charge is 0.355 e. The van der Waals surface area contributed by atoms with Crippen LogP contribution in [-0.2, 0) is 21.2 Å². The minimum Gasteiger partial charge on any atom is -0.355 e. The van der Waals surface area contributed by atoms with Crippen molar-refractivity contribution in [2.75, 3.05) is 17.0 Å². The molecule has 1 aromatic carbocycles. The van der Waals surface area contributed by atoms with Crippen LogP contribution in [0.4, 0.5) is 10.2 Å². The standard InChI is InChI=1S/C18H17FN4O3S2/c19-14-5-3-4-13(10-14)18-22-15(12-27-18)11-17(24)21-8-9-28(25,26)23-16-6-1-2-7-20-16/h1-7,10,12H,8-9,11H2,(H,20,23)(H,21,24). The number of aromatic nitrogens is 2. The molecule has 0 aliphatic carbocycles. The molecule has 0 aliphatic rings. The van der Waals surface area contributed by atoms with Gasteiger partial charge in [0.05, 0.1) is 17.9 Å². The molecule has 2 N–H and O–H groups in total. The van der Waals surface area contributed by atoms with Gasteiger partial charge >= 0.3 is 0 Å². The van der Waals surface area contributed by atoms with Crippen molar-refractivity contribution in [2.24, 2.45) is 0 Å². The number of hydrogen-bond acceptors (Lipinski definition) is 6. The first-order valence-corrected chi connectivity index (χ1v) is 10.8. The summed E-state index contributed by atoms with van der Waals surface area (Å²) in [5, 5.41) is 4.89. The smallest absolute Gasteiger partial charge is 0.235 e. The molecular weight excluding hydrogens is 403 g/mol. The monoisotopic (exact) mass is 420 g/mol. The third-order valence-corrected chi connectivity index (χ3v) is 5.78. The van der Waals surface area contributed by atoms with Crippen molar-refractivity contribution in [3.8, 4) is 10.6 Å². The highest BCUT2D eigenvalue weighted by Gasteiger charge is 2.13. The average Bonchev–Trinajstić information content (AvgIpc) is 3.10. The van der Waals surface area contributed by atoms with E-state index in [1.807, 2.05) is 0 Å². The first-order chi connectivity index (χ1) is 13.4. The molecule has 1 amide bonds. The third-order valence-electron chi connectivity index (χ3n) is 3.58. The normalized spacial score (nSPS) is 11.2. The fraction of sp³-hybridized carbons (Fsp3) is 0.167. The molecular formula is C18H17FN4O3S2. The van der Waals surface area contributed by atoms with E-state index in [0.717, 1.165) is 0 Å². The first-order valence-electron chi connectivity index (χ1n) is 8.30. The number of nitrogens with one attached hydrogen (secondary N) is 2. The number of halogens is 1. The van der Waals surface area contributed by atoms with Crippen molar-refractivity contribution in [3.05, 3.63) is 65.6 Å². The molecule has 0 aliphatic heterocycles. The SMILES string of the molecule is O=C(Cc1csc(-c2cccc(F)c2)n1)NCCS(=O)(=O)Nc1ccccn1. The molecule has 0 spiro atoms. The number of nitrogens with zero attached hydrogens (tertiary/aromatic N) is 2. The van der Waals surface area contributed by atoms with Gasteiger partial charge in [-0.15, -0.1) is 11.3 Å². The summed E-state index contributed by atoms with van der Waals surface area (Å²) in [6.07, 6.45) is 1.49. The van der Waals surface area contributed by atoms with Gasteiger partial charge in [0.2, 0.25) is 15.9 Å². The molecule has 2 heterocycles. The van der Waals surface area contributed by atoms with Crippen LogP contribution in [0.25, 0.3) is 10.6 Å². The van der Waals surface area contributed by atoms with Crippen molar-refractivity contribution in [1.82, 2.24) is 15.3 Å². The molecule has 10 heteroatoms. The fourth-order valence-corrected chi connectivity index (χ4v) is 4.06. The van der Waals surface area contributed by atoms with Crippen LogP contribution < -0.4 is 10.0 Å². The number of carbonyl (C=O) groups is 1. The zero-order chi connectivity index (χ0) is 20.0. The Labute approximate surface area is 165 Å². The Balaban J connectivity index is 1.48. The van der Waals surface area contributed by atoms with Crippen LogP contribution in [-0.4, -0.2) is 36.6 Å². The van der Waals surface area contributed by atoms with Crippen molar-refractivity contribution in [3.63, 3.8) is 0 Å². The van der Waals surface area contributed by atoms with Crippen molar-refractivity contribution >= 4 is 33.1 Å². The molecule has 0 unspecified atom stereocenters. The van der Waals surface area contributed by atoms with E-state index in [9.17, 15) is 17.6 Å². The van der Waals surface area contributed by atoms with Crippen LogP contribution in [0.15, 0.2) is 54.0 Å². The van der Waals surface area contributed by atoms with E-state index in [1.54, 1.807) is 29.6 Å². The molecule has 7 nitrogen and oxygen atoms in total. The van der Waals surface area contributed by atoms with Crippen LogP contribution >= 0.6 is 11.3 Å². The Morgan fingerprint density at radius 1 is 1.18 bits per heavy atom. The molecule has 0 atom stereocenters. The van der Waals surface area contributed by atoms with Crippen molar-refractivity contribution in [1.29, 1.82) is 0 Å². The van der Waals surface area contributed by atoms with Gasteiger partial charge in [-0.1, -0.05) is 18.2 Å². The zero-order valence-corrected chi connectivity index (χ0v) is 16.3. The van der Waals surface area contributed by atoms with Gasteiger partial charge in [0.25, 0.3) is 0 Å². The van der Waals surface area contributed by atoms with Gasteiger partial charge < -0.3 is 5.32 Å². The van der Waals surface area contributed by atoms with E-state index in [2.05, 4.69) is 20.0 Å². The molecule has 0 saturated heterocycles. The number of pyridine rings is 1. The number of benzene rings is 1. The van der Waals surface area contributed by atoms with E-state index >= 15 is 0 Å². The maximum absolute atomic E-state index is 13.3. The maximum atomic E-state index is 13.3. The molecule has 2 aromatic heterocycles. The highest BCUT2D eigenvalue weighted by molar-refractivity contribution is 7.92. The molecule has 146 valence electrons. The Bertz CT molecular complexity index is 1060. The van der Waals surface area contributed by atoms with E-state index in [-0.39, 0.29) is 36.3 Å². The Morgan fingerprint density at radius 2 is 2.04 bits per heavy atom. The lowest BCUT2D eigenvalue weighted by molar-refractivity contribution is -0.120. The van der Waals surface area contributed by atoms with Crippen LogP contribution in [0.3, 0.4) is 0 Å². The Kier molecular flexibility index (Phi) is 6.32. The maximum Gasteiger partial charge on any atom is 0.235 e. The van der Waals surface area contributed by atoms with Gasteiger partial charge in [0.1, 0.15) is 16.6 Å².